The Morgan fingerprint density at radius 2 is 1.02 bits per heavy atom. The molecule has 318 valence electrons. The molecule has 1 unspecified atom stereocenters. The quantitative estimate of drug-likeness (QED) is 0.0200. The largest absolute Gasteiger partial charge is 0.756 e. The predicted octanol–water partition coefficient (Wildman–Crippen LogP) is 11.4. The summed E-state index contributed by atoms with van der Waals surface area (Å²) in [6, 6.07) is 0. The molecule has 0 aliphatic rings. The van der Waals surface area contributed by atoms with Crippen LogP contribution in [0.1, 0.15) is 162 Å². The molecule has 0 aromatic rings. The van der Waals surface area contributed by atoms with E-state index in [4.69, 9.17) is 18.5 Å². The maximum Gasteiger partial charge on any atom is 0.306 e. The molecule has 0 fully saturated rings. The molecule has 55 heavy (non-hydrogen) atoms. The standard InChI is InChI=1S/C45H80NO8P/c1-6-8-10-12-14-16-18-20-21-22-23-24-25-26-28-30-32-34-36-38-45(48)54-43(42-53-55(49,50)52-40-39-46(3,4)5)41-51-44(47)37-35-33-31-29-27-19-17-15-13-11-9-7-2/h14,16,20-21,23-24,26,28,32,34,43H,6-13,15,17-19,22,25,27,29-31,33,35-42H2,1-5H3/b16-14-,21-20-,24-23-,28-26-,34-32-/t43-/m1/s1. The molecule has 2 atom stereocenters. The van der Waals surface area contributed by atoms with E-state index in [1.165, 1.54) is 83.5 Å². The number of ether oxygens (including phenoxy) is 2. The van der Waals surface area contributed by atoms with Crippen LogP contribution in [-0.4, -0.2) is 70.0 Å². The van der Waals surface area contributed by atoms with Crippen molar-refractivity contribution in [3.05, 3.63) is 60.8 Å². The third-order valence-corrected chi connectivity index (χ3v) is 9.77. The number of hydrogen-bond acceptors (Lipinski definition) is 8. The lowest BCUT2D eigenvalue weighted by molar-refractivity contribution is -0.870. The number of phosphoric ester groups is 1. The lowest BCUT2D eigenvalue weighted by Gasteiger charge is -2.28. The van der Waals surface area contributed by atoms with E-state index in [-0.39, 0.29) is 26.1 Å². The summed E-state index contributed by atoms with van der Waals surface area (Å²) in [7, 11) is 1.11. The first-order valence-corrected chi connectivity index (χ1v) is 23.0. The SMILES string of the molecule is CCCCC/C=C\C/C=C\C/C=C\C/C=C\C/C=C\CCC(=O)O[C@H](COC(=O)CCCCCCCCCCCCCC)COP(=O)([O-])OCC[N+](C)(C)C. The molecule has 0 saturated carbocycles. The first-order valence-electron chi connectivity index (χ1n) is 21.5. The number of nitrogens with zero attached hydrogens (tertiary/aromatic N) is 1. The molecule has 0 radical (unpaired) electrons. The van der Waals surface area contributed by atoms with Crippen LogP contribution >= 0.6 is 7.82 Å². The summed E-state index contributed by atoms with van der Waals surface area (Å²) >= 11 is 0. The number of unbranched alkanes of at least 4 members (excludes halogenated alkanes) is 14. The summed E-state index contributed by atoms with van der Waals surface area (Å²) in [5.74, 6) is -0.933. The number of quaternary nitrogens is 1. The molecular formula is C45H80NO8P. The average Bonchev–Trinajstić information content (AvgIpc) is 3.13. The van der Waals surface area contributed by atoms with Gasteiger partial charge in [-0.25, -0.2) is 0 Å². The summed E-state index contributed by atoms with van der Waals surface area (Å²) in [6.45, 7) is 4.09. The minimum absolute atomic E-state index is 0.0455. The Morgan fingerprint density at radius 3 is 1.53 bits per heavy atom. The lowest BCUT2D eigenvalue weighted by Crippen LogP contribution is -2.37. The van der Waals surface area contributed by atoms with Crippen LogP contribution in [0.2, 0.25) is 0 Å². The Kier molecular flexibility index (Phi) is 35.7. The zero-order chi connectivity index (χ0) is 40.7. The second-order valence-electron chi connectivity index (χ2n) is 15.4. The van der Waals surface area contributed by atoms with Crippen LogP contribution in [-0.2, 0) is 32.7 Å². The topological polar surface area (TPSA) is 111 Å². The van der Waals surface area contributed by atoms with Gasteiger partial charge < -0.3 is 27.9 Å². The van der Waals surface area contributed by atoms with E-state index >= 15 is 0 Å². The zero-order valence-corrected chi connectivity index (χ0v) is 36.5. The average molecular weight is 794 g/mol. The molecule has 0 bridgehead atoms. The predicted molar refractivity (Wildman–Crippen MR) is 226 cm³/mol. The van der Waals surface area contributed by atoms with Gasteiger partial charge in [-0.2, -0.15) is 0 Å². The van der Waals surface area contributed by atoms with E-state index in [2.05, 4.69) is 62.5 Å². The molecule has 9 nitrogen and oxygen atoms in total. The normalized spacial score (nSPS) is 14.2. The summed E-state index contributed by atoms with van der Waals surface area (Å²) in [6.07, 6.45) is 44.0. The Morgan fingerprint density at radius 1 is 0.564 bits per heavy atom. The molecule has 0 heterocycles. The van der Waals surface area contributed by atoms with Crippen LogP contribution in [0.15, 0.2) is 60.8 Å². The highest BCUT2D eigenvalue weighted by atomic mass is 31.2. The maximum absolute atomic E-state index is 12.6. The number of esters is 2. The second-order valence-corrected chi connectivity index (χ2v) is 16.8. The smallest absolute Gasteiger partial charge is 0.306 e. The number of likely N-dealkylation sites (N-methyl/N-ethyl adjacent to an activating group) is 1. The van der Waals surface area contributed by atoms with E-state index < -0.39 is 32.5 Å². The van der Waals surface area contributed by atoms with Crippen LogP contribution in [0.4, 0.5) is 0 Å². The molecule has 0 spiro atoms. The first-order chi connectivity index (χ1) is 26.5. The van der Waals surface area contributed by atoms with Crippen LogP contribution in [0.25, 0.3) is 0 Å². The third-order valence-electron chi connectivity index (χ3n) is 8.80. The van der Waals surface area contributed by atoms with E-state index in [1.54, 1.807) is 0 Å². The van der Waals surface area contributed by atoms with Gasteiger partial charge in [-0.1, -0.05) is 158 Å². The van der Waals surface area contributed by atoms with Crippen molar-refractivity contribution in [3.63, 3.8) is 0 Å². The van der Waals surface area contributed by atoms with Gasteiger partial charge in [0, 0.05) is 12.8 Å². The van der Waals surface area contributed by atoms with Gasteiger partial charge in [0.05, 0.1) is 27.7 Å². The zero-order valence-electron chi connectivity index (χ0n) is 35.6. The summed E-state index contributed by atoms with van der Waals surface area (Å²) in [5, 5.41) is 0. The molecule has 10 heteroatoms. The van der Waals surface area contributed by atoms with Crippen LogP contribution in [0.5, 0.6) is 0 Å². The van der Waals surface area contributed by atoms with Crippen molar-refractivity contribution in [1.29, 1.82) is 0 Å². The highest BCUT2D eigenvalue weighted by molar-refractivity contribution is 7.45. The molecule has 0 saturated heterocycles. The molecule has 0 N–H and O–H groups in total. The van der Waals surface area contributed by atoms with Gasteiger partial charge in [-0.3, -0.25) is 14.2 Å². The van der Waals surface area contributed by atoms with Crippen molar-refractivity contribution in [2.24, 2.45) is 0 Å². The van der Waals surface area contributed by atoms with E-state index in [1.807, 2.05) is 33.3 Å². The molecule has 0 aliphatic carbocycles. The minimum Gasteiger partial charge on any atom is -0.756 e. The number of allylic oxidation sites excluding steroid dienone is 10. The fraction of sp³-hybridized carbons (Fsp3) is 0.733. The summed E-state index contributed by atoms with van der Waals surface area (Å²) in [5.41, 5.74) is 0. The van der Waals surface area contributed by atoms with Crippen molar-refractivity contribution in [2.45, 2.75) is 168 Å². The molecular weight excluding hydrogens is 713 g/mol. The first kappa shape index (κ1) is 52.7. The molecule has 0 aromatic heterocycles. The fourth-order valence-corrected chi connectivity index (χ4v) is 6.13. The Balaban J connectivity index is 4.51. The van der Waals surface area contributed by atoms with Crippen LogP contribution in [0, 0.1) is 0 Å². The van der Waals surface area contributed by atoms with Gasteiger partial charge in [0.2, 0.25) is 0 Å². The van der Waals surface area contributed by atoms with E-state index in [0.717, 1.165) is 44.9 Å². The Labute approximate surface area is 336 Å². The molecule has 0 amide bonds. The van der Waals surface area contributed by atoms with Gasteiger partial charge in [0.25, 0.3) is 7.82 Å². The van der Waals surface area contributed by atoms with Crippen molar-refractivity contribution < 1.29 is 42.1 Å². The summed E-state index contributed by atoms with van der Waals surface area (Å²) in [4.78, 5) is 37.4. The molecule has 0 aromatic carbocycles. The number of hydrogen-bond donors (Lipinski definition) is 0. The van der Waals surface area contributed by atoms with E-state index in [9.17, 15) is 19.0 Å². The number of phosphoric acid groups is 1. The van der Waals surface area contributed by atoms with E-state index in [0.29, 0.717) is 17.4 Å². The highest BCUT2D eigenvalue weighted by Gasteiger charge is 2.21. The van der Waals surface area contributed by atoms with Crippen molar-refractivity contribution in [3.8, 4) is 0 Å². The van der Waals surface area contributed by atoms with Gasteiger partial charge in [-0.05, 0) is 51.4 Å². The van der Waals surface area contributed by atoms with Crippen LogP contribution < -0.4 is 4.89 Å². The maximum atomic E-state index is 12.6. The number of rotatable bonds is 38. The Hall–Kier alpha value is -2.29. The van der Waals surface area contributed by atoms with Gasteiger partial charge >= 0.3 is 11.9 Å². The lowest BCUT2D eigenvalue weighted by atomic mass is 10.0. The van der Waals surface area contributed by atoms with Crippen molar-refractivity contribution >= 4 is 19.8 Å². The monoisotopic (exact) mass is 794 g/mol. The Bertz CT molecular complexity index is 1120. The third kappa shape index (κ3) is 41.2. The van der Waals surface area contributed by atoms with Crippen LogP contribution in [0.3, 0.4) is 0 Å². The molecule has 0 rings (SSSR count). The summed E-state index contributed by atoms with van der Waals surface area (Å²) < 4.78 is 33.7. The molecule has 0 aliphatic heterocycles. The minimum atomic E-state index is -4.64. The van der Waals surface area contributed by atoms with Crippen molar-refractivity contribution in [2.75, 3.05) is 47.5 Å². The second kappa shape index (κ2) is 37.3. The van der Waals surface area contributed by atoms with Crippen molar-refractivity contribution in [1.82, 2.24) is 0 Å². The van der Waals surface area contributed by atoms with Gasteiger partial charge in [-0.15, -0.1) is 0 Å². The fourth-order valence-electron chi connectivity index (χ4n) is 5.40. The van der Waals surface area contributed by atoms with Gasteiger partial charge in [0.1, 0.15) is 19.8 Å². The number of carbonyl (C=O) groups excluding carboxylic acids is 2. The highest BCUT2D eigenvalue weighted by Crippen LogP contribution is 2.38. The van der Waals surface area contributed by atoms with Gasteiger partial charge in [0.15, 0.2) is 6.10 Å². The number of carbonyl (C=O) groups is 2.